The summed E-state index contributed by atoms with van der Waals surface area (Å²) in [5.41, 5.74) is 6.28. The molecule has 3 heteroatoms. The van der Waals surface area contributed by atoms with Crippen molar-refractivity contribution in [1.82, 2.24) is 0 Å². The second-order valence-electron chi connectivity index (χ2n) is 1.74. The zero-order valence-corrected chi connectivity index (χ0v) is 7.69. The molecule has 0 fully saturated rings. The summed E-state index contributed by atoms with van der Waals surface area (Å²) in [5.74, 6) is 0. The number of nitrogen functional groups attached to an aromatic ring is 1. The van der Waals surface area contributed by atoms with Crippen LogP contribution in [0.5, 0.6) is 0 Å². The number of hydrogen-bond donors (Lipinski definition) is 2. The Balaban J connectivity index is 3.17. The molecule has 1 rings (SSSR count). The average molecular weight is 251 g/mol. The summed E-state index contributed by atoms with van der Waals surface area (Å²) in [6, 6.07) is 5.69. The molecule has 1 nitrogen and oxygen atoms in total. The lowest BCUT2D eigenvalue weighted by atomic mass is 10.3. The highest BCUT2D eigenvalue weighted by Crippen LogP contribution is 2.15. The van der Waals surface area contributed by atoms with Gasteiger partial charge in [-0.1, -0.05) is 0 Å². The SMILES string of the molecule is Nc1cc(S)cc(I)c1. The Morgan fingerprint density at radius 3 is 2.44 bits per heavy atom. The highest BCUT2D eigenvalue weighted by Gasteiger charge is 1.90. The maximum Gasteiger partial charge on any atom is 0.0335 e. The van der Waals surface area contributed by atoms with E-state index in [2.05, 4.69) is 35.2 Å². The van der Waals surface area contributed by atoms with Gasteiger partial charge in [-0.2, -0.15) is 0 Å². The van der Waals surface area contributed by atoms with E-state index in [0.717, 1.165) is 14.2 Å². The first kappa shape index (κ1) is 7.21. The van der Waals surface area contributed by atoms with Crippen molar-refractivity contribution in [2.75, 3.05) is 5.73 Å². The smallest absolute Gasteiger partial charge is 0.0335 e. The Labute approximate surface area is 73.2 Å². The largest absolute Gasteiger partial charge is 0.399 e. The Bertz CT molecular complexity index is 174. The van der Waals surface area contributed by atoms with Crippen molar-refractivity contribution in [1.29, 1.82) is 0 Å². The minimum absolute atomic E-state index is 0.770. The molecule has 48 valence electrons. The summed E-state index contributed by atoms with van der Waals surface area (Å²) in [4.78, 5) is 0.916. The van der Waals surface area contributed by atoms with E-state index in [-0.39, 0.29) is 0 Å². The normalized spacial score (nSPS) is 9.56. The predicted octanol–water partition coefficient (Wildman–Crippen LogP) is 2.16. The van der Waals surface area contributed by atoms with Crippen molar-refractivity contribution in [2.24, 2.45) is 0 Å². The van der Waals surface area contributed by atoms with Gasteiger partial charge in [0.15, 0.2) is 0 Å². The van der Waals surface area contributed by atoms with E-state index < -0.39 is 0 Å². The van der Waals surface area contributed by atoms with Crippen LogP contribution in [-0.2, 0) is 0 Å². The van der Waals surface area contributed by atoms with Gasteiger partial charge in [0.1, 0.15) is 0 Å². The molecule has 0 saturated carbocycles. The Kier molecular flexibility index (Phi) is 2.23. The Morgan fingerprint density at radius 1 is 1.33 bits per heavy atom. The van der Waals surface area contributed by atoms with Crippen LogP contribution >= 0.6 is 35.2 Å². The third kappa shape index (κ3) is 2.06. The van der Waals surface area contributed by atoms with Gasteiger partial charge in [0.05, 0.1) is 0 Å². The van der Waals surface area contributed by atoms with Crippen molar-refractivity contribution in [3.8, 4) is 0 Å². The number of hydrogen-bond acceptors (Lipinski definition) is 2. The van der Waals surface area contributed by atoms with E-state index in [1.165, 1.54) is 0 Å². The van der Waals surface area contributed by atoms with Gasteiger partial charge in [0.25, 0.3) is 0 Å². The lowest BCUT2D eigenvalue weighted by Gasteiger charge is -1.95. The molecular formula is C6H6INS. The molecule has 0 atom stereocenters. The summed E-state index contributed by atoms with van der Waals surface area (Å²) in [6.45, 7) is 0. The molecule has 0 unspecified atom stereocenters. The zero-order valence-electron chi connectivity index (χ0n) is 4.63. The molecule has 0 bridgehead atoms. The molecule has 0 radical (unpaired) electrons. The van der Waals surface area contributed by atoms with Gasteiger partial charge in [0, 0.05) is 14.2 Å². The van der Waals surface area contributed by atoms with Crippen LogP contribution in [0.2, 0.25) is 0 Å². The maximum atomic E-state index is 5.51. The molecule has 1 aromatic carbocycles. The van der Waals surface area contributed by atoms with Gasteiger partial charge >= 0.3 is 0 Å². The van der Waals surface area contributed by atoms with Crippen LogP contribution in [0.1, 0.15) is 0 Å². The number of rotatable bonds is 0. The van der Waals surface area contributed by atoms with Gasteiger partial charge in [-0.25, -0.2) is 0 Å². The number of halogens is 1. The van der Waals surface area contributed by atoms with Crippen molar-refractivity contribution in [3.05, 3.63) is 21.8 Å². The molecule has 9 heavy (non-hydrogen) atoms. The molecule has 0 aromatic heterocycles. The van der Waals surface area contributed by atoms with Gasteiger partial charge in [0.2, 0.25) is 0 Å². The average Bonchev–Trinajstić information content (AvgIpc) is 1.59. The van der Waals surface area contributed by atoms with Crippen LogP contribution in [0.25, 0.3) is 0 Å². The minimum atomic E-state index is 0.770. The first-order valence-electron chi connectivity index (χ1n) is 2.43. The van der Waals surface area contributed by atoms with Gasteiger partial charge in [-0.3, -0.25) is 0 Å². The van der Waals surface area contributed by atoms with Crippen molar-refractivity contribution in [3.63, 3.8) is 0 Å². The molecule has 0 aliphatic rings. The number of benzene rings is 1. The fraction of sp³-hybridized carbons (Fsp3) is 0. The standard InChI is InChI=1S/C6H6INS/c7-4-1-5(8)3-6(9)2-4/h1-3,9H,8H2. The van der Waals surface area contributed by atoms with E-state index in [4.69, 9.17) is 5.73 Å². The summed E-state index contributed by atoms with van der Waals surface area (Å²) >= 11 is 6.34. The molecule has 0 aliphatic carbocycles. The molecule has 0 spiro atoms. The third-order valence-corrected chi connectivity index (χ3v) is 1.79. The van der Waals surface area contributed by atoms with E-state index in [1.807, 2.05) is 18.2 Å². The number of thiol groups is 1. The second-order valence-corrected chi connectivity index (χ2v) is 3.50. The molecule has 0 heterocycles. The van der Waals surface area contributed by atoms with Gasteiger partial charge in [-0.15, -0.1) is 12.6 Å². The summed E-state index contributed by atoms with van der Waals surface area (Å²) in [7, 11) is 0. The van der Waals surface area contributed by atoms with Gasteiger partial charge < -0.3 is 5.73 Å². The van der Waals surface area contributed by atoms with Gasteiger partial charge in [-0.05, 0) is 40.8 Å². The Hall–Kier alpha value is 0.1000. The lowest BCUT2D eigenvalue weighted by Crippen LogP contribution is -1.84. The van der Waals surface area contributed by atoms with Crippen LogP contribution in [0.3, 0.4) is 0 Å². The Morgan fingerprint density at radius 2 is 2.00 bits per heavy atom. The molecule has 1 aromatic rings. The molecule has 0 saturated heterocycles. The summed E-state index contributed by atoms with van der Waals surface area (Å²) in [5, 5.41) is 0. The predicted molar refractivity (Wildman–Crippen MR) is 50.8 cm³/mol. The van der Waals surface area contributed by atoms with Crippen LogP contribution in [0, 0.1) is 3.57 Å². The third-order valence-electron chi connectivity index (χ3n) is 0.905. The quantitative estimate of drug-likeness (QED) is 0.412. The van der Waals surface area contributed by atoms with Crippen LogP contribution in [0.4, 0.5) is 5.69 Å². The summed E-state index contributed by atoms with van der Waals surface area (Å²) in [6.07, 6.45) is 0. The molecule has 2 N–H and O–H groups in total. The van der Waals surface area contributed by atoms with E-state index in [9.17, 15) is 0 Å². The monoisotopic (exact) mass is 251 g/mol. The fourth-order valence-corrected chi connectivity index (χ4v) is 1.83. The van der Waals surface area contributed by atoms with Crippen LogP contribution in [-0.4, -0.2) is 0 Å². The van der Waals surface area contributed by atoms with Crippen molar-refractivity contribution < 1.29 is 0 Å². The highest BCUT2D eigenvalue weighted by atomic mass is 127. The van der Waals surface area contributed by atoms with Crippen LogP contribution < -0.4 is 5.73 Å². The van der Waals surface area contributed by atoms with Crippen LogP contribution in [0.15, 0.2) is 23.1 Å². The van der Waals surface area contributed by atoms with Crippen molar-refractivity contribution in [2.45, 2.75) is 4.90 Å². The topological polar surface area (TPSA) is 26.0 Å². The number of anilines is 1. The minimum Gasteiger partial charge on any atom is -0.399 e. The number of nitrogens with two attached hydrogens (primary N) is 1. The first-order valence-corrected chi connectivity index (χ1v) is 3.96. The molecule has 0 aliphatic heterocycles. The summed E-state index contributed by atoms with van der Waals surface area (Å²) < 4.78 is 1.12. The molecular weight excluding hydrogens is 245 g/mol. The highest BCUT2D eigenvalue weighted by molar-refractivity contribution is 14.1. The zero-order chi connectivity index (χ0) is 6.85. The lowest BCUT2D eigenvalue weighted by molar-refractivity contribution is 1.45. The second kappa shape index (κ2) is 2.79. The van der Waals surface area contributed by atoms with E-state index in [0.29, 0.717) is 0 Å². The molecule has 0 amide bonds. The first-order chi connectivity index (χ1) is 4.18. The van der Waals surface area contributed by atoms with E-state index >= 15 is 0 Å². The van der Waals surface area contributed by atoms with Crippen molar-refractivity contribution >= 4 is 40.9 Å². The van der Waals surface area contributed by atoms with E-state index in [1.54, 1.807) is 0 Å². The fourth-order valence-electron chi connectivity index (χ4n) is 0.596. The maximum absolute atomic E-state index is 5.51.